The summed E-state index contributed by atoms with van der Waals surface area (Å²) in [5, 5.41) is 0. The van der Waals surface area contributed by atoms with Crippen molar-refractivity contribution in [3.63, 3.8) is 0 Å². The summed E-state index contributed by atoms with van der Waals surface area (Å²) in [5.41, 5.74) is 3.60. The van der Waals surface area contributed by atoms with Crippen LogP contribution in [0, 0.1) is 10.5 Å². The molecule has 3 rings (SSSR count). The first kappa shape index (κ1) is 20.9. The molecule has 0 aliphatic carbocycles. The van der Waals surface area contributed by atoms with E-state index < -0.39 is 0 Å². The van der Waals surface area contributed by atoms with Crippen molar-refractivity contribution >= 4 is 44.3 Å². The van der Waals surface area contributed by atoms with Gasteiger partial charge in [0.25, 0.3) is 0 Å². The summed E-state index contributed by atoms with van der Waals surface area (Å²) in [6.07, 6.45) is 0. The largest absolute Gasteiger partial charge is 0.497 e. The quantitative estimate of drug-likeness (QED) is 0.267. The van der Waals surface area contributed by atoms with Gasteiger partial charge in [0.1, 0.15) is 21.9 Å². The lowest BCUT2D eigenvalue weighted by Crippen LogP contribution is -2.23. The van der Waals surface area contributed by atoms with E-state index in [1.165, 1.54) is 16.7 Å². The molecule has 0 amide bonds. The first-order valence-electron chi connectivity index (χ1n) is 8.83. The lowest BCUT2D eigenvalue weighted by molar-refractivity contribution is 0.414. The minimum Gasteiger partial charge on any atom is -0.497 e. The minimum absolute atomic E-state index is 0.746. The number of aromatic nitrogens is 1. The van der Waals surface area contributed by atoms with Crippen molar-refractivity contribution in [2.75, 3.05) is 19.1 Å². The van der Waals surface area contributed by atoms with E-state index in [0.29, 0.717) is 0 Å². The van der Waals surface area contributed by atoms with Crippen LogP contribution in [0.1, 0.15) is 16.7 Å². The molecule has 1 heterocycles. The highest BCUT2D eigenvalue weighted by atomic mass is 127. The standard InChI is InChI=1S/C22H22BrIN2O2/c1-15-12-20(25-22(23)21(15)24)26(13-16-4-8-18(27-2)9-5-16)14-17-6-10-19(28-3)11-7-17/h4-12H,13-14H2,1-3H3. The van der Waals surface area contributed by atoms with Crippen molar-refractivity contribution in [2.45, 2.75) is 20.0 Å². The molecule has 1 aromatic heterocycles. The first-order chi connectivity index (χ1) is 13.5. The number of pyridine rings is 1. The SMILES string of the molecule is COc1ccc(CN(Cc2ccc(OC)cc2)c2cc(C)c(I)c(Br)n2)cc1. The van der Waals surface area contributed by atoms with Gasteiger partial charge in [0.05, 0.1) is 14.2 Å². The van der Waals surface area contributed by atoms with Crippen LogP contribution >= 0.6 is 38.5 Å². The molecule has 4 nitrogen and oxygen atoms in total. The van der Waals surface area contributed by atoms with Crippen LogP contribution < -0.4 is 14.4 Å². The lowest BCUT2D eigenvalue weighted by Gasteiger charge is -2.25. The number of aryl methyl sites for hydroxylation is 1. The van der Waals surface area contributed by atoms with E-state index >= 15 is 0 Å². The third kappa shape index (κ3) is 5.17. The fourth-order valence-electron chi connectivity index (χ4n) is 2.88. The second kappa shape index (κ2) is 9.60. The molecule has 0 unspecified atom stereocenters. The zero-order chi connectivity index (χ0) is 20.1. The van der Waals surface area contributed by atoms with Crippen LogP contribution in [0.2, 0.25) is 0 Å². The Morgan fingerprint density at radius 3 is 1.75 bits per heavy atom. The topological polar surface area (TPSA) is 34.6 Å². The van der Waals surface area contributed by atoms with Crippen LogP contribution in [-0.4, -0.2) is 19.2 Å². The molecular formula is C22H22BrIN2O2. The zero-order valence-corrected chi connectivity index (χ0v) is 19.8. The second-order valence-corrected chi connectivity index (χ2v) is 8.28. The van der Waals surface area contributed by atoms with Crippen LogP contribution in [-0.2, 0) is 13.1 Å². The fourth-order valence-corrected chi connectivity index (χ4v) is 3.65. The van der Waals surface area contributed by atoms with Gasteiger partial charge in [0.15, 0.2) is 0 Å². The van der Waals surface area contributed by atoms with E-state index in [2.05, 4.69) is 80.7 Å². The number of nitrogens with zero attached hydrogens (tertiary/aromatic N) is 2. The maximum Gasteiger partial charge on any atom is 0.130 e. The molecular weight excluding hydrogens is 531 g/mol. The Kier molecular flexibility index (Phi) is 7.18. The van der Waals surface area contributed by atoms with Crippen molar-refractivity contribution in [3.8, 4) is 11.5 Å². The fraction of sp³-hybridized carbons (Fsp3) is 0.227. The highest BCUT2D eigenvalue weighted by molar-refractivity contribution is 14.1. The molecule has 0 fully saturated rings. The smallest absolute Gasteiger partial charge is 0.130 e. The molecule has 0 N–H and O–H groups in total. The Morgan fingerprint density at radius 1 is 0.893 bits per heavy atom. The summed E-state index contributed by atoms with van der Waals surface area (Å²) in [4.78, 5) is 7.05. The molecule has 0 bridgehead atoms. The average Bonchev–Trinajstić information content (AvgIpc) is 2.72. The summed E-state index contributed by atoms with van der Waals surface area (Å²) in [5.74, 6) is 2.66. The Hall–Kier alpha value is -1.80. The lowest BCUT2D eigenvalue weighted by atomic mass is 10.1. The van der Waals surface area contributed by atoms with Gasteiger partial charge in [-0.05, 0) is 92.5 Å². The molecule has 28 heavy (non-hydrogen) atoms. The van der Waals surface area contributed by atoms with Gasteiger partial charge in [-0.15, -0.1) is 0 Å². The highest BCUT2D eigenvalue weighted by Gasteiger charge is 2.14. The summed E-state index contributed by atoms with van der Waals surface area (Å²) in [7, 11) is 3.36. The van der Waals surface area contributed by atoms with Gasteiger partial charge in [0, 0.05) is 16.7 Å². The average molecular weight is 553 g/mol. The van der Waals surface area contributed by atoms with Crippen molar-refractivity contribution in [1.29, 1.82) is 0 Å². The van der Waals surface area contributed by atoms with Crippen molar-refractivity contribution < 1.29 is 9.47 Å². The Labute approximate surface area is 188 Å². The zero-order valence-electron chi connectivity index (χ0n) is 16.1. The number of halogens is 2. The predicted molar refractivity (Wildman–Crippen MR) is 125 cm³/mol. The molecule has 0 spiro atoms. The van der Waals surface area contributed by atoms with Crippen molar-refractivity contribution in [1.82, 2.24) is 4.98 Å². The van der Waals surface area contributed by atoms with Gasteiger partial charge in [-0.25, -0.2) is 4.98 Å². The van der Waals surface area contributed by atoms with E-state index in [-0.39, 0.29) is 0 Å². The summed E-state index contributed by atoms with van der Waals surface area (Å²) < 4.78 is 12.6. The maximum absolute atomic E-state index is 5.28. The Morgan fingerprint density at radius 2 is 1.36 bits per heavy atom. The molecule has 0 aliphatic rings. The van der Waals surface area contributed by atoms with Crippen molar-refractivity contribution in [3.05, 3.63) is 79.5 Å². The predicted octanol–water partition coefficient (Wildman–Crippen LogP) is 5.98. The van der Waals surface area contributed by atoms with Gasteiger partial charge in [-0.2, -0.15) is 0 Å². The van der Waals surface area contributed by atoms with Crippen molar-refractivity contribution in [2.24, 2.45) is 0 Å². The highest BCUT2D eigenvalue weighted by Crippen LogP contribution is 2.27. The molecule has 146 valence electrons. The number of hydrogen-bond donors (Lipinski definition) is 0. The van der Waals surface area contributed by atoms with Gasteiger partial charge >= 0.3 is 0 Å². The van der Waals surface area contributed by atoms with Crippen LogP contribution in [0.3, 0.4) is 0 Å². The van der Waals surface area contributed by atoms with Gasteiger partial charge in [-0.1, -0.05) is 24.3 Å². The Bertz CT molecular complexity index is 858. The van der Waals surface area contributed by atoms with Crippen LogP contribution in [0.5, 0.6) is 11.5 Å². The first-order valence-corrected chi connectivity index (χ1v) is 10.7. The third-order valence-corrected chi connectivity index (χ3v) is 7.15. The van der Waals surface area contributed by atoms with Gasteiger partial charge in [0.2, 0.25) is 0 Å². The monoisotopic (exact) mass is 552 g/mol. The number of hydrogen-bond acceptors (Lipinski definition) is 4. The van der Waals surface area contributed by atoms with Crippen LogP contribution in [0.15, 0.2) is 59.2 Å². The molecule has 0 atom stereocenters. The van der Waals surface area contributed by atoms with E-state index in [4.69, 9.17) is 14.5 Å². The molecule has 0 saturated heterocycles. The van der Waals surface area contributed by atoms with Crippen LogP contribution in [0.25, 0.3) is 0 Å². The molecule has 0 saturated carbocycles. The molecule has 3 aromatic rings. The Balaban J connectivity index is 1.92. The number of benzene rings is 2. The summed E-state index contributed by atoms with van der Waals surface area (Å²) in [6, 6.07) is 18.5. The molecule has 0 radical (unpaired) electrons. The third-order valence-electron chi connectivity index (χ3n) is 4.47. The summed E-state index contributed by atoms with van der Waals surface area (Å²) >= 11 is 5.91. The minimum atomic E-state index is 0.746. The number of rotatable bonds is 7. The van der Waals surface area contributed by atoms with E-state index in [9.17, 15) is 0 Å². The second-order valence-electron chi connectivity index (χ2n) is 6.45. The number of methoxy groups -OCH3 is 2. The summed E-state index contributed by atoms with van der Waals surface area (Å²) in [6.45, 7) is 3.60. The van der Waals surface area contributed by atoms with E-state index in [0.717, 1.165) is 38.6 Å². The van der Waals surface area contributed by atoms with Gasteiger partial charge in [-0.3, -0.25) is 0 Å². The van der Waals surface area contributed by atoms with Gasteiger partial charge < -0.3 is 14.4 Å². The normalized spacial score (nSPS) is 10.6. The van der Waals surface area contributed by atoms with E-state index in [1.54, 1.807) is 14.2 Å². The maximum atomic E-state index is 5.28. The van der Waals surface area contributed by atoms with E-state index in [1.807, 2.05) is 24.3 Å². The molecule has 0 aliphatic heterocycles. The molecule has 6 heteroatoms. The number of anilines is 1. The molecule has 2 aromatic carbocycles. The number of ether oxygens (including phenoxy) is 2. The van der Waals surface area contributed by atoms with Crippen LogP contribution in [0.4, 0.5) is 5.82 Å².